The molecule has 0 saturated heterocycles. The minimum Gasteiger partial charge on any atom is -0.508 e. The van der Waals surface area contributed by atoms with Crippen LogP contribution in [0.3, 0.4) is 0 Å². The highest BCUT2D eigenvalue weighted by atomic mass is 33.1. The molecule has 5 aliphatic carbocycles. The molecule has 6 bridgehead atoms. The van der Waals surface area contributed by atoms with Crippen molar-refractivity contribution in [2.45, 2.75) is 185 Å². The number of aliphatic imine (C=N–C) groups is 1. The molecule has 19 heteroatoms. The van der Waals surface area contributed by atoms with E-state index in [-0.39, 0.29) is 139 Å². The number of rotatable bonds is 9. The number of aliphatic hydroxyl groups is 4. The lowest BCUT2D eigenvalue weighted by molar-refractivity contribution is -0.121. The van der Waals surface area contributed by atoms with Crippen LogP contribution in [0, 0.1) is 70.0 Å². The minimum absolute atomic E-state index is 0.00840. The fourth-order valence-electron chi connectivity index (χ4n) is 16.8. The Morgan fingerprint density at radius 3 is 2.50 bits per heavy atom. The Bertz CT molecular complexity index is 3210. The molecule has 3 spiro atoms. The fraction of sp³-hybridized carbons (Fsp3) is 0.638. The van der Waals surface area contributed by atoms with Crippen LogP contribution in [0.2, 0.25) is 0 Å². The molecule has 14 atom stereocenters. The van der Waals surface area contributed by atoms with Gasteiger partial charge in [-0.3, -0.25) is 14.9 Å². The number of nitrogens with one attached hydrogen (secondary N) is 3. The van der Waals surface area contributed by atoms with E-state index in [1.807, 2.05) is 6.07 Å². The predicted octanol–water partition coefficient (Wildman–Crippen LogP) is 7.72. The van der Waals surface area contributed by atoms with Crippen molar-refractivity contribution in [2.75, 3.05) is 45.3 Å². The maximum absolute atomic E-state index is 13.6. The molecule has 88 heavy (non-hydrogen) atoms. The van der Waals surface area contributed by atoms with Crippen molar-refractivity contribution in [1.29, 1.82) is 0 Å². The van der Waals surface area contributed by atoms with Crippen LogP contribution in [-0.2, 0) is 46.4 Å². The summed E-state index contributed by atoms with van der Waals surface area (Å²) in [6, 6.07) is 10.3. The van der Waals surface area contributed by atoms with Crippen LogP contribution >= 0.6 is 21.6 Å². The zero-order chi connectivity index (χ0) is 61.9. The second kappa shape index (κ2) is 27.7. The van der Waals surface area contributed by atoms with Crippen molar-refractivity contribution in [2.24, 2.45) is 57.1 Å². The molecule has 12 rings (SSSR count). The summed E-state index contributed by atoms with van der Waals surface area (Å²) in [7, 11) is 5.20. The van der Waals surface area contributed by atoms with E-state index in [2.05, 4.69) is 65.6 Å². The number of Topliss-reactive ketones (excluding diaryl/α,β-unsaturated/α-hetero) is 2. The fourth-order valence-corrected chi connectivity index (χ4v) is 19.6. The second-order valence-electron chi connectivity index (χ2n) is 27.2. The van der Waals surface area contributed by atoms with Gasteiger partial charge in [0.1, 0.15) is 24.0 Å². The van der Waals surface area contributed by atoms with Crippen LogP contribution in [0.25, 0.3) is 0 Å². The van der Waals surface area contributed by atoms with E-state index >= 15 is 0 Å². The zero-order valence-corrected chi connectivity index (χ0v) is 53.2. The zero-order valence-electron chi connectivity index (χ0n) is 51.5. The number of hydrogen-bond donors (Lipinski definition) is 10. The third-order valence-corrected chi connectivity index (χ3v) is 23.8. The number of benzene rings is 3. The van der Waals surface area contributed by atoms with Gasteiger partial charge in [-0.05, 0) is 179 Å². The topological polar surface area (TPSA) is 267 Å². The largest absolute Gasteiger partial charge is 0.508 e. The molecule has 4 aliphatic heterocycles. The number of methoxy groups -OCH3 is 1. The molecule has 3 aromatic rings. The Hall–Kier alpha value is -5.19. The standard InChI is InChI=1S/C69H91N5O12S2/c1-40(2)59-35-88-87-34-56-55-30-54-43-10-16-50(79)28-49(78)15-9-42-12-19-60(81)63(85-39-76)52(42)7-5-6-45(26-43)62(64(54)86-65(55)82)84-38-72-69-37-68(25-24-67(36-68)23-21-57(71-32-41(3)77)53-29-51(80)17-11-46(53)31-67)22-20-48(69)27-44(61(33-75)83-4)8-13-47(69)14-18-58(56)73-66(70)74-59/h11-12,17,19,26,29,40,44,47-48,50,55-59,61,65,71-72,75-76,79-82H,6,8-10,13,15-16,20-25,27-28,30-39H2,1-4H3,(H3,70,73,74). The summed E-state index contributed by atoms with van der Waals surface area (Å²) < 4.78 is 25.9. The number of hydrogen-bond acceptors (Lipinski definition) is 19. The number of aliphatic hydroxyl groups excluding tert-OH is 4. The third kappa shape index (κ3) is 13.8. The lowest BCUT2D eigenvalue weighted by Gasteiger charge is -2.54. The van der Waals surface area contributed by atoms with Gasteiger partial charge in [0, 0.05) is 78.3 Å². The summed E-state index contributed by atoms with van der Waals surface area (Å²) in [6.45, 7) is 5.42. The van der Waals surface area contributed by atoms with E-state index in [1.54, 1.807) is 47.8 Å². The van der Waals surface area contributed by atoms with Gasteiger partial charge in [0.2, 0.25) is 6.29 Å². The predicted molar refractivity (Wildman–Crippen MR) is 341 cm³/mol. The quantitative estimate of drug-likeness (QED) is 0.0558. The summed E-state index contributed by atoms with van der Waals surface area (Å²) in [5.74, 6) is 16.3. The van der Waals surface area contributed by atoms with E-state index in [0.717, 1.165) is 99.5 Å². The maximum Gasteiger partial charge on any atom is 0.201 e. The second-order valence-corrected chi connectivity index (χ2v) is 29.8. The lowest BCUT2D eigenvalue weighted by Crippen LogP contribution is -2.62. The van der Waals surface area contributed by atoms with Crippen molar-refractivity contribution >= 4 is 39.1 Å². The van der Waals surface area contributed by atoms with E-state index < -0.39 is 36.7 Å². The number of nitrogens with two attached hydrogens (primary N) is 1. The van der Waals surface area contributed by atoms with Gasteiger partial charge in [-0.2, -0.15) is 0 Å². The Morgan fingerprint density at radius 2 is 1.70 bits per heavy atom. The van der Waals surface area contributed by atoms with Gasteiger partial charge in [0.25, 0.3) is 0 Å². The number of aryl methyl sites for hydroxylation is 2. The van der Waals surface area contributed by atoms with E-state index in [4.69, 9.17) is 29.7 Å². The van der Waals surface area contributed by atoms with Crippen LogP contribution in [-0.4, -0.2) is 130 Å². The molecule has 0 radical (unpaired) electrons. The molecule has 4 heterocycles. The minimum atomic E-state index is -1.30. The first-order valence-electron chi connectivity index (χ1n) is 32.1. The Kier molecular flexibility index (Phi) is 20.3. The van der Waals surface area contributed by atoms with Crippen LogP contribution in [0.1, 0.15) is 156 Å². The number of guanidine groups is 1. The van der Waals surface area contributed by atoms with Crippen molar-refractivity contribution in [3.63, 3.8) is 0 Å². The van der Waals surface area contributed by atoms with Gasteiger partial charge in [0.15, 0.2) is 35.8 Å². The lowest BCUT2D eigenvalue weighted by atomic mass is 9.55. The Morgan fingerprint density at radius 1 is 0.898 bits per heavy atom. The van der Waals surface area contributed by atoms with Gasteiger partial charge in [-0.25, -0.2) is 4.99 Å². The molecule has 0 amide bonds. The van der Waals surface area contributed by atoms with E-state index in [1.165, 1.54) is 11.6 Å². The number of carbonyl (C=O) groups excluding carboxylic acids is 2. The van der Waals surface area contributed by atoms with Crippen molar-refractivity contribution in [3.8, 4) is 52.4 Å². The van der Waals surface area contributed by atoms with Crippen molar-refractivity contribution in [1.82, 2.24) is 16.0 Å². The first-order chi connectivity index (χ1) is 42.4. The smallest absolute Gasteiger partial charge is 0.201 e. The summed E-state index contributed by atoms with van der Waals surface area (Å²) in [4.78, 5) is 31.0. The average molecular weight is 1250 g/mol. The van der Waals surface area contributed by atoms with Crippen LogP contribution < -0.4 is 35.9 Å². The Labute approximate surface area is 526 Å². The molecule has 3 aromatic carbocycles. The number of aromatic hydroxyl groups is 2. The number of phenols is 2. The summed E-state index contributed by atoms with van der Waals surface area (Å²) in [5, 5.41) is 78.5. The van der Waals surface area contributed by atoms with E-state index in [0.29, 0.717) is 52.7 Å². The highest BCUT2D eigenvalue weighted by Crippen LogP contribution is 2.65. The number of ketones is 2. The molecule has 9 aliphatic rings. The van der Waals surface area contributed by atoms with E-state index in [9.17, 15) is 40.2 Å². The molecule has 11 N–H and O–H groups in total. The first-order valence-corrected chi connectivity index (χ1v) is 34.6. The molecule has 14 unspecified atom stereocenters. The molecule has 17 nitrogen and oxygen atoms in total. The molecule has 0 aromatic heterocycles. The average Bonchev–Trinajstić information content (AvgIpc) is 1.49. The van der Waals surface area contributed by atoms with Gasteiger partial charge in [0.05, 0.1) is 43.0 Å². The molecule has 476 valence electrons. The summed E-state index contributed by atoms with van der Waals surface area (Å²) in [6.07, 6.45) is 9.75. The van der Waals surface area contributed by atoms with Gasteiger partial charge in [-0.1, -0.05) is 77.3 Å². The van der Waals surface area contributed by atoms with Crippen molar-refractivity contribution < 1.29 is 59.2 Å². The Balaban J connectivity index is 1.06. The van der Waals surface area contributed by atoms with Crippen LogP contribution in [0.5, 0.6) is 28.7 Å². The number of carbonyl (C=O) groups is 2. The SMILES string of the molecule is COC(CO)C1CCC2C#CC3NC(N)=NC(C(C)C)CSSCC3C3Cc4c5cc(c(c4OC3O)OCNC23CC2(CCC3C1)CCC1(CCC(NCC(C)=O)c3cc(O)ccc3C1)C2)CC#Cc1c(ccc(O)c1OCO)CCC(=O)CC(O)CC5. The highest BCUT2D eigenvalue weighted by Gasteiger charge is 2.60. The molecule has 3 fully saturated rings. The van der Waals surface area contributed by atoms with Gasteiger partial charge in [-0.15, -0.1) is 0 Å². The van der Waals surface area contributed by atoms with Gasteiger partial charge < -0.3 is 66.0 Å². The number of fused-ring (bicyclic) bond motifs is 7. The number of ether oxygens (including phenoxy) is 4. The number of nitrogens with zero attached hydrogens (tertiary/aromatic N) is 1. The maximum atomic E-state index is 13.6. The highest BCUT2D eigenvalue weighted by molar-refractivity contribution is 8.76. The molecular weight excluding hydrogens is 1150 g/mol. The normalized spacial score (nSPS) is 32.8. The number of phenolic OH excluding ortho intramolecular Hbond substituents is 2. The molecule has 3 saturated carbocycles. The van der Waals surface area contributed by atoms with Gasteiger partial charge >= 0.3 is 0 Å². The third-order valence-electron chi connectivity index (χ3n) is 21.4. The summed E-state index contributed by atoms with van der Waals surface area (Å²) >= 11 is 0. The monoisotopic (exact) mass is 1250 g/mol. The van der Waals surface area contributed by atoms with Crippen LogP contribution in [0.4, 0.5) is 0 Å². The van der Waals surface area contributed by atoms with Crippen molar-refractivity contribution in [3.05, 3.63) is 75.3 Å². The van der Waals surface area contributed by atoms with Crippen LogP contribution in [0.15, 0.2) is 41.4 Å². The molecular formula is C69H91N5O12S2. The first kappa shape index (κ1) is 64.3. The summed E-state index contributed by atoms with van der Waals surface area (Å²) in [5.41, 5.74) is 12.0.